The van der Waals surface area contributed by atoms with Crippen LogP contribution in [-0.4, -0.2) is 19.3 Å². The summed E-state index contributed by atoms with van der Waals surface area (Å²) in [6.45, 7) is 4.23. The number of nitrogens with zero attached hydrogens (tertiary/aromatic N) is 4. The second-order valence-corrected chi connectivity index (χ2v) is 5.62. The molecule has 0 aromatic carbocycles. The van der Waals surface area contributed by atoms with Gasteiger partial charge in [0.15, 0.2) is 5.82 Å². The summed E-state index contributed by atoms with van der Waals surface area (Å²) in [7, 11) is 1.95. The molecule has 0 aliphatic heterocycles. The molecule has 3 rings (SSSR count). The van der Waals surface area contributed by atoms with E-state index in [4.69, 9.17) is 5.73 Å². The van der Waals surface area contributed by atoms with Crippen LogP contribution >= 0.6 is 0 Å². The normalized spacial score (nSPS) is 14.9. The number of hydrogen-bond acceptors (Lipinski definition) is 3. The fourth-order valence-corrected chi connectivity index (χ4v) is 2.92. The summed E-state index contributed by atoms with van der Waals surface area (Å²) in [5.74, 6) is 1.29. The van der Waals surface area contributed by atoms with E-state index in [-0.39, 0.29) is 0 Å². The van der Waals surface area contributed by atoms with Crippen LogP contribution in [0.3, 0.4) is 0 Å². The lowest BCUT2D eigenvalue weighted by molar-refractivity contribution is 0.641. The molecule has 0 amide bonds. The van der Waals surface area contributed by atoms with E-state index in [1.54, 1.807) is 0 Å². The van der Waals surface area contributed by atoms with Crippen LogP contribution in [0.5, 0.6) is 0 Å². The number of nitrogens with two attached hydrogens (primary N) is 1. The van der Waals surface area contributed by atoms with Gasteiger partial charge in [-0.3, -0.25) is 4.57 Å². The summed E-state index contributed by atoms with van der Waals surface area (Å²) in [5.41, 5.74) is 10.6. The zero-order valence-corrected chi connectivity index (χ0v) is 11.8. The molecule has 0 unspecified atom stereocenters. The van der Waals surface area contributed by atoms with Crippen LogP contribution in [0.4, 0.5) is 5.69 Å². The fraction of sp³-hybridized carbons (Fsp3) is 0.571. The highest BCUT2D eigenvalue weighted by atomic mass is 15.3. The standard InChI is InChI=1S/C14H21N5/c1-9(2)13-12(15)14(18(3)17-13)19-8-16-10-6-4-5-7-11(10)19/h8-9H,4-7,15H2,1-3H3. The van der Waals surface area contributed by atoms with Gasteiger partial charge in [-0.1, -0.05) is 13.8 Å². The number of aryl methyl sites for hydroxylation is 2. The molecule has 0 saturated carbocycles. The third-order valence-electron chi connectivity index (χ3n) is 3.89. The van der Waals surface area contributed by atoms with Gasteiger partial charge in [0.2, 0.25) is 0 Å². The van der Waals surface area contributed by atoms with Crippen molar-refractivity contribution in [1.82, 2.24) is 19.3 Å². The number of nitrogen functional groups attached to an aromatic ring is 1. The van der Waals surface area contributed by atoms with Crippen molar-refractivity contribution in [2.45, 2.75) is 45.4 Å². The van der Waals surface area contributed by atoms with Crippen molar-refractivity contribution in [1.29, 1.82) is 0 Å². The number of rotatable bonds is 2. The van der Waals surface area contributed by atoms with Gasteiger partial charge in [-0.2, -0.15) is 5.10 Å². The van der Waals surface area contributed by atoms with Crippen molar-refractivity contribution in [3.63, 3.8) is 0 Å². The highest BCUT2D eigenvalue weighted by Crippen LogP contribution is 2.30. The molecule has 1 aliphatic rings. The lowest BCUT2D eigenvalue weighted by Crippen LogP contribution is -2.11. The summed E-state index contributed by atoms with van der Waals surface area (Å²) >= 11 is 0. The summed E-state index contributed by atoms with van der Waals surface area (Å²) in [6, 6.07) is 0. The van der Waals surface area contributed by atoms with Crippen LogP contribution in [0.15, 0.2) is 6.33 Å². The molecular weight excluding hydrogens is 238 g/mol. The molecule has 2 aromatic heterocycles. The Hall–Kier alpha value is -1.78. The van der Waals surface area contributed by atoms with Crippen LogP contribution < -0.4 is 5.73 Å². The minimum Gasteiger partial charge on any atom is -0.394 e. The molecule has 0 saturated heterocycles. The van der Waals surface area contributed by atoms with Crippen molar-refractivity contribution in [3.05, 3.63) is 23.4 Å². The topological polar surface area (TPSA) is 61.7 Å². The maximum absolute atomic E-state index is 6.30. The van der Waals surface area contributed by atoms with Gasteiger partial charge in [0.05, 0.1) is 17.1 Å². The van der Waals surface area contributed by atoms with E-state index in [2.05, 4.69) is 28.5 Å². The van der Waals surface area contributed by atoms with E-state index in [0.717, 1.165) is 30.0 Å². The zero-order valence-electron chi connectivity index (χ0n) is 11.8. The average molecular weight is 259 g/mol. The Morgan fingerprint density at radius 3 is 2.68 bits per heavy atom. The first-order valence-corrected chi connectivity index (χ1v) is 6.97. The molecule has 0 atom stereocenters. The van der Waals surface area contributed by atoms with Gasteiger partial charge >= 0.3 is 0 Å². The van der Waals surface area contributed by atoms with E-state index in [1.165, 1.54) is 24.2 Å². The Balaban J connectivity index is 2.15. The first kappa shape index (κ1) is 12.3. The Labute approximate surface area is 113 Å². The summed E-state index contributed by atoms with van der Waals surface area (Å²) in [4.78, 5) is 4.54. The second kappa shape index (κ2) is 4.40. The Kier molecular flexibility index (Phi) is 2.84. The monoisotopic (exact) mass is 259 g/mol. The van der Waals surface area contributed by atoms with Gasteiger partial charge in [-0.15, -0.1) is 0 Å². The third-order valence-corrected chi connectivity index (χ3v) is 3.89. The summed E-state index contributed by atoms with van der Waals surface area (Å²) in [5, 5.41) is 4.56. The minimum absolute atomic E-state index is 0.333. The second-order valence-electron chi connectivity index (χ2n) is 5.62. The predicted molar refractivity (Wildman–Crippen MR) is 75.5 cm³/mol. The smallest absolute Gasteiger partial charge is 0.160 e. The fourth-order valence-electron chi connectivity index (χ4n) is 2.92. The molecule has 2 N–H and O–H groups in total. The molecule has 2 aromatic rings. The van der Waals surface area contributed by atoms with Crippen LogP contribution in [0, 0.1) is 0 Å². The van der Waals surface area contributed by atoms with Crippen molar-refractivity contribution >= 4 is 5.69 Å². The third kappa shape index (κ3) is 1.84. The number of hydrogen-bond donors (Lipinski definition) is 1. The Morgan fingerprint density at radius 2 is 2.00 bits per heavy atom. The highest BCUT2D eigenvalue weighted by molar-refractivity contribution is 5.59. The molecule has 1 aliphatic carbocycles. The van der Waals surface area contributed by atoms with Crippen LogP contribution in [-0.2, 0) is 19.9 Å². The first-order chi connectivity index (χ1) is 9.09. The van der Waals surface area contributed by atoms with Gasteiger partial charge in [0, 0.05) is 12.7 Å². The minimum atomic E-state index is 0.333. The largest absolute Gasteiger partial charge is 0.394 e. The van der Waals surface area contributed by atoms with Crippen molar-refractivity contribution in [2.24, 2.45) is 7.05 Å². The van der Waals surface area contributed by atoms with Crippen molar-refractivity contribution in [3.8, 4) is 5.82 Å². The molecule has 0 spiro atoms. The van der Waals surface area contributed by atoms with Gasteiger partial charge in [0.1, 0.15) is 6.33 Å². The van der Waals surface area contributed by atoms with Gasteiger partial charge < -0.3 is 5.73 Å². The molecule has 2 heterocycles. The van der Waals surface area contributed by atoms with E-state index >= 15 is 0 Å². The molecular formula is C14H21N5. The van der Waals surface area contributed by atoms with Crippen molar-refractivity contribution in [2.75, 3.05) is 5.73 Å². The number of imidazole rings is 1. The average Bonchev–Trinajstić information content (AvgIpc) is 2.91. The van der Waals surface area contributed by atoms with E-state index in [1.807, 2.05) is 18.1 Å². The van der Waals surface area contributed by atoms with Gasteiger partial charge in [0.25, 0.3) is 0 Å². The first-order valence-electron chi connectivity index (χ1n) is 6.97. The van der Waals surface area contributed by atoms with Crippen LogP contribution in [0.25, 0.3) is 5.82 Å². The van der Waals surface area contributed by atoms with E-state index < -0.39 is 0 Å². The summed E-state index contributed by atoms with van der Waals surface area (Å²) < 4.78 is 4.00. The SMILES string of the molecule is CC(C)c1nn(C)c(-n2cnc3c2CCCC3)c1N. The number of aromatic nitrogens is 4. The van der Waals surface area contributed by atoms with Gasteiger partial charge in [-0.25, -0.2) is 9.67 Å². The molecule has 0 bridgehead atoms. The molecule has 0 fully saturated rings. The summed E-state index contributed by atoms with van der Waals surface area (Å²) in [6.07, 6.45) is 6.52. The number of anilines is 1. The molecule has 19 heavy (non-hydrogen) atoms. The Bertz CT molecular complexity index is 606. The highest BCUT2D eigenvalue weighted by Gasteiger charge is 2.22. The van der Waals surface area contributed by atoms with Crippen LogP contribution in [0.1, 0.15) is 49.7 Å². The molecule has 5 nitrogen and oxygen atoms in total. The lowest BCUT2D eigenvalue weighted by atomic mass is 10.0. The predicted octanol–water partition coefficient (Wildman–Crippen LogP) is 2.19. The maximum Gasteiger partial charge on any atom is 0.160 e. The van der Waals surface area contributed by atoms with E-state index in [0.29, 0.717) is 5.92 Å². The zero-order chi connectivity index (χ0) is 13.6. The maximum atomic E-state index is 6.30. The molecule has 5 heteroatoms. The number of fused-ring (bicyclic) bond motifs is 1. The quantitative estimate of drug-likeness (QED) is 0.899. The van der Waals surface area contributed by atoms with Crippen molar-refractivity contribution < 1.29 is 0 Å². The molecule has 0 radical (unpaired) electrons. The lowest BCUT2D eigenvalue weighted by Gasteiger charge is -2.14. The van der Waals surface area contributed by atoms with E-state index in [9.17, 15) is 0 Å². The Morgan fingerprint density at radius 1 is 1.26 bits per heavy atom. The van der Waals surface area contributed by atoms with Crippen LogP contribution in [0.2, 0.25) is 0 Å². The van der Waals surface area contributed by atoms with Gasteiger partial charge in [-0.05, 0) is 31.6 Å². The molecule has 102 valence electrons.